The molecule has 2 aliphatic carbocycles. The maximum absolute atomic E-state index is 12.2. The van der Waals surface area contributed by atoms with Crippen LogP contribution in [-0.4, -0.2) is 23.3 Å². The van der Waals surface area contributed by atoms with Gasteiger partial charge in [0.15, 0.2) is 0 Å². The molecule has 3 aliphatic rings. The minimum atomic E-state index is 0.146. The van der Waals surface area contributed by atoms with Gasteiger partial charge in [-0.15, -0.1) is 0 Å². The molecule has 1 aromatic carbocycles. The summed E-state index contributed by atoms with van der Waals surface area (Å²) in [5.41, 5.74) is 3.37. The van der Waals surface area contributed by atoms with Crippen LogP contribution >= 0.6 is 0 Å². The first-order valence-corrected chi connectivity index (χ1v) is 8.42. The van der Waals surface area contributed by atoms with E-state index in [0.29, 0.717) is 12.5 Å². The monoisotopic (exact) mass is 298 g/mol. The number of amides is 2. The average molecular weight is 298 g/mol. The summed E-state index contributed by atoms with van der Waals surface area (Å²) in [6, 6.07) is 6.15. The van der Waals surface area contributed by atoms with Crippen LogP contribution in [-0.2, 0) is 22.6 Å². The van der Waals surface area contributed by atoms with E-state index in [2.05, 4.69) is 17.4 Å². The summed E-state index contributed by atoms with van der Waals surface area (Å²) in [6.45, 7) is 1.52. The lowest BCUT2D eigenvalue weighted by Gasteiger charge is -2.30. The first-order valence-electron chi connectivity index (χ1n) is 8.42. The average Bonchev–Trinajstić information content (AvgIpc) is 3.28. The summed E-state index contributed by atoms with van der Waals surface area (Å²) in [5, 5.41) is 3.03. The highest BCUT2D eigenvalue weighted by Gasteiger charge is 2.34. The molecule has 22 heavy (non-hydrogen) atoms. The Morgan fingerprint density at radius 3 is 2.55 bits per heavy atom. The third-order valence-corrected chi connectivity index (χ3v) is 5.20. The Morgan fingerprint density at radius 2 is 1.86 bits per heavy atom. The van der Waals surface area contributed by atoms with Gasteiger partial charge in [-0.2, -0.15) is 0 Å². The number of fused-ring (bicyclic) bond motifs is 1. The van der Waals surface area contributed by atoms with Crippen LogP contribution in [0.25, 0.3) is 0 Å². The van der Waals surface area contributed by atoms with Gasteiger partial charge < -0.3 is 10.2 Å². The summed E-state index contributed by atoms with van der Waals surface area (Å²) >= 11 is 0. The van der Waals surface area contributed by atoms with E-state index in [1.54, 1.807) is 0 Å². The number of rotatable bonds is 3. The van der Waals surface area contributed by atoms with E-state index in [4.69, 9.17) is 0 Å². The molecule has 116 valence electrons. The number of carbonyl (C=O) groups excluding carboxylic acids is 2. The molecular formula is C18H22N2O2. The molecule has 0 bridgehead atoms. The number of nitrogens with one attached hydrogen (secondary N) is 1. The van der Waals surface area contributed by atoms with Crippen LogP contribution in [0.2, 0.25) is 0 Å². The SMILES string of the molecule is O=C(Nc1ccc2c(c1)CN(C(=O)C1CC1)CC2)C1CCC1. The Kier molecular flexibility index (Phi) is 3.40. The van der Waals surface area contributed by atoms with Gasteiger partial charge >= 0.3 is 0 Å². The van der Waals surface area contributed by atoms with Gasteiger partial charge in [-0.1, -0.05) is 12.5 Å². The highest BCUT2D eigenvalue weighted by atomic mass is 16.2. The molecule has 1 aromatic rings. The topological polar surface area (TPSA) is 49.4 Å². The smallest absolute Gasteiger partial charge is 0.227 e. The highest BCUT2D eigenvalue weighted by Crippen LogP contribution is 2.33. The summed E-state index contributed by atoms with van der Waals surface area (Å²) in [4.78, 5) is 26.3. The second-order valence-electron chi connectivity index (χ2n) is 6.88. The molecule has 0 saturated heterocycles. The van der Waals surface area contributed by atoms with Crippen molar-refractivity contribution in [3.05, 3.63) is 29.3 Å². The van der Waals surface area contributed by atoms with Crippen LogP contribution in [0.4, 0.5) is 5.69 Å². The van der Waals surface area contributed by atoms with Gasteiger partial charge in [-0.25, -0.2) is 0 Å². The number of carbonyl (C=O) groups is 2. The molecule has 4 nitrogen and oxygen atoms in total. The first-order chi connectivity index (χ1) is 10.7. The van der Waals surface area contributed by atoms with Crippen molar-refractivity contribution in [1.82, 2.24) is 4.90 Å². The molecule has 0 atom stereocenters. The number of nitrogens with zero attached hydrogens (tertiary/aromatic N) is 1. The zero-order chi connectivity index (χ0) is 15.1. The molecule has 4 heteroatoms. The molecule has 0 aromatic heterocycles. The molecule has 2 fully saturated rings. The van der Waals surface area contributed by atoms with Gasteiger partial charge in [-0.3, -0.25) is 9.59 Å². The van der Waals surface area contributed by atoms with Crippen LogP contribution in [0.5, 0.6) is 0 Å². The minimum absolute atomic E-state index is 0.146. The van der Waals surface area contributed by atoms with E-state index < -0.39 is 0 Å². The zero-order valence-electron chi connectivity index (χ0n) is 12.8. The lowest BCUT2D eigenvalue weighted by atomic mass is 9.85. The third-order valence-electron chi connectivity index (χ3n) is 5.20. The maximum Gasteiger partial charge on any atom is 0.227 e. The second-order valence-corrected chi connectivity index (χ2v) is 6.88. The fraction of sp³-hybridized carbons (Fsp3) is 0.556. The Hall–Kier alpha value is -1.84. The number of anilines is 1. The van der Waals surface area contributed by atoms with Gasteiger partial charge in [0.05, 0.1) is 0 Å². The normalized spacial score (nSPS) is 21.0. The van der Waals surface area contributed by atoms with Crippen molar-refractivity contribution in [1.29, 1.82) is 0 Å². The molecule has 1 aliphatic heterocycles. The van der Waals surface area contributed by atoms with Gasteiger partial charge in [0.25, 0.3) is 0 Å². The van der Waals surface area contributed by atoms with Crippen molar-refractivity contribution < 1.29 is 9.59 Å². The molecule has 2 saturated carbocycles. The zero-order valence-corrected chi connectivity index (χ0v) is 12.8. The summed E-state index contributed by atoms with van der Waals surface area (Å²) < 4.78 is 0. The molecule has 0 spiro atoms. The number of hydrogen-bond donors (Lipinski definition) is 1. The molecule has 0 unspecified atom stereocenters. The Morgan fingerprint density at radius 1 is 1.05 bits per heavy atom. The lowest BCUT2D eigenvalue weighted by Crippen LogP contribution is -2.37. The number of hydrogen-bond acceptors (Lipinski definition) is 2. The first kappa shape index (κ1) is 13.8. The quantitative estimate of drug-likeness (QED) is 0.933. The molecular weight excluding hydrogens is 276 g/mol. The van der Waals surface area contributed by atoms with Crippen LogP contribution in [0.1, 0.15) is 43.2 Å². The van der Waals surface area contributed by atoms with E-state index in [9.17, 15) is 9.59 Å². The molecule has 0 radical (unpaired) electrons. The highest BCUT2D eigenvalue weighted by molar-refractivity contribution is 5.93. The van der Waals surface area contributed by atoms with Gasteiger partial charge in [0, 0.05) is 30.6 Å². The second kappa shape index (κ2) is 5.41. The van der Waals surface area contributed by atoms with Crippen molar-refractivity contribution >= 4 is 17.5 Å². The van der Waals surface area contributed by atoms with E-state index in [-0.39, 0.29) is 17.7 Å². The molecule has 2 amide bonds. The van der Waals surface area contributed by atoms with E-state index in [1.165, 1.54) is 17.5 Å². The third kappa shape index (κ3) is 2.62. The van der Waals surface area contributed by atoms with Gasteiger partial charge in [0.1, 0.15) is 0 Å². The van der Waals surface area contributed by atoms with Crippen LogP contribution in [0.3, 0.4) is 0 Å². The molecule has 4 rings (SSSR count). The fourth-order valence-electron chi connectivity index (χ4n) is 3.33. The van der Waals surface area contributed by atoms with Gasteiger partial charge in [0.2, 0.25) is 11.8 Å². The van der Waals surface area contributed by atoms with Crippen molar-refractivity contribution in [3.8, 4) is 0 Å². The Balaban J connectivity index is 1.46. The van der Waals surface area contributed by atoms with E-state index in [0.717, 1.165) is 44.3 Å². The minimum Gasteiger partial charge on any atom is -0.338 e. The molecule has 1 N–H and O–H groups in total. The summed E-state index contributed by atoms with van der Waals surface area (Å²) in [5.74, 6) is 0.939. The van der Waals surface area contributed by atoms with Gasteiger partial charge in [-0.05, 0) is 55.4 Å². The lowest BCUT2D eigenvalue weighted by molar-refractivity contribution is -0.133. The Labute approximate surface area is 130 Å². The maximum atomic E-state index is 12.2. The Bertz CT molecular complexity index is 618. The number of benzene rings is 1. The van der Waals surface area contributed by atoms with Crippen LogP contribution in [0.15, 0.2) is 18.2 Å². The van der Waals surface area contributed by atoms with E-state index in [1.807, 2.05) is 11.0 Å². The van der Waals surface area contributed by atoms with Crippen LogP contribution in [0, 0.1) is 11.8 Å². The molecule has 1 heterocycles. The van der Waals surface area contributed by atoms with Crippen molar-refractivity contribution in [2.45, 2.75) is 45.1 Å². The fourth-order valence-corrected chi connectivity index (χ4v) is 3.33. The predicted octanol–water partition coefficient (Wildman–Crippen LogP) is 2.72. The van der Waals surface area contributed by atoms with Crippen molar-refractivity contribution in [3.63, 3.8) is 0 Å². The standard InChI is InChI=1S/C18H22N2O2/c21-17(13-2-1-3-13)19-16-7-6-12-8-9-20(11-15(12)10-16)18(22)14-4-5-14/h6-7,10,13-14H,1-5,8-9,11H2,(H,19,21). The predicted molar refractivity (Wildman–Crippen MR) is 84.3 cm³/mol. The summed E-state index contributed by atoms with van der Waals surface area (Å²) in [7, 11) is 0. The van der Waals surface area contributed by atoms with Crippen molar-refractivity contribution in [2.24, 2.45) is 11.8 Å². The van der Waals surface area contributed by atoms with Crippen molar-refractivity contribution in [2.75, 3.05) is 11.9 Å². The summed E-state index contributed by atoms with van der Waals surface area (Å²) in [6.07, 6.45) is 6.23. The van der Waals surface area contributed by atoms with E-state index >= 15 is 0 Å². The van der Waals surface area contributed by atoms with Crippen LogP contribution < -0.4 is 5.32 Å². The largest absolute Gasteiger partial charge is 0.338 e.